The Morgan fingerprint density at radius 3 is 2.85 bits per heavy atom. The SMILES string of the molecule is O=C1NC(=O)/C(=C/c2cc3cncc(-c4ccc5c(c4)OCO5)c3o2)S1. The zero-order valence-electron chi connectivity index (χ0n) is 13.1. The smallest absolute Gasteiger partial charge is 0.290 e. The first-order valence-corrected chi connectivity index (χ1v) is 8.51. The Morgan fingerprint density at radius 1 is 1.12 bits per heavy atom. The van der Waals surface area contributed by atoms with Crippen LogP contribution in [0.25, 0.3) is 28.2 Å². The maximum Gasteiger partial charge on any atom is 0.290 e. The number of rotatable bonds is 2. The third-order valence-corrected chi connectivity index (χ3v) is 4.85. The molecule has 128 valence electrons. The van der Waals surface area contributed by atoms with Crippen LogP contribution >= 0.6 is 11.8 Å². The monoisotopic (exact) mass is 366 g/mol. The molecule has 1 saturated heterocycles. The van der Waals surface area contributed by atoms with Crippen LogP contribution in [-0.2, 0) is 4.79 Å². The Balaban J connectivity index is 1.60. The predicted molar refractivity (Wildman–Crippen MR) is 94.7 cm³/mol. The minimum absolute atomic E-state index is 0.207. The average Bonchev–Trinajstić information content (AvgIpc) is 3.32. The molecule has 26 heavy (non-hydrogen) atoms. The second-order valence-corrected chi connectivity index (χ2v) is 6.69. The summed E-state index contributed by atoms with van der Waals surface area (Å²) in [5, 5.41) is 2.62. The summed E-state index contributed by atoms with van der Waals surface area (Å²) in [5.74, 6) is 1.43. The van der Waals surface area contributed by atoms with Gasteiger partial charge in [0.2, 0.25) is 6.79 Å². The van der Waals surface area contributed by atoms with Gasteiger partial charge in [0.25, 0.3) is 11.1 Å². The Morgan fingerprint density at radius 2 is 2.00 bits per heavy atom. The van der Waals surface area contributed by atoms with Gasteiger partial charge in [0, 0.05) is 29.4 Å². The number of carbonyl (C=O) groups excluding carboxylic acids is 2. The van der Waals surface area contributed by atoms with Crippen LogP contribution in [0, 0.1) is 0 Å². The minimum Gasteiger partial charge on any atom is -0.456 e. The molecule has 5 rings (SSSR count). The Bertz CT molecular complexity index is 1120. The van der Waals surface area contributed by atoms with Crippen LogP contribution in [0.1, 0.15) is 5.76 Å². The van der Waals surface area contributed by atoms with E-state index < -0.39 is 5.91 Å². The second kappa shape index (κ2) is 5.63. The number of nitrogens with one attached hydrogen (secondary N) is 1. The lowest BCUT2D eigenvalue weighted by atomic mass is 10.1. The van der Waals surface area contributed by atoms with Crippen molar-refractivity contribution in [2.24, 2.45) is 0 Å². The van der Waals surface area contributed by atoms with E-state index in [1.807, 2.05) is 18.2 Å². The third-order valence-electron chi connectivity index (χ3n) is 4.04. The highest BCUT2D eigenvalue weighted by atomic mass is 32.2. The summed E-state index contributed by atoms with van der Waals surface area (Å²) < 4.78 is 16.7. The molecule has 2 aliphatic rings. The molecule has 0 saturated carbocycles. The van der Waals surface area contributed by atoms with Gasteiger partial charge in [0.05, 0.1) is 4.91 Å². The standard InChI is InChI=1S/C18H10N2O5S/c21-17-15(26-18(22)20-17)5-11-3-10-6-19-7-12(16(10)25-11)9-1-2-13-14(4-9)24-8-23-13/h1-7H,8H2,(H,20,21,22)/b15-5-. The summed E-state index contributed by atoms with van der Waals surface area (Å²) in [4.78, 5) is 27.5. The maximum absolute atomic E-state index is 11.7. The summed E-state index contributed by atoms with van der Waals surface area (Å²) >= 11 is 0.848. The topological polar surface area (TPSA) is 90.7 Å². The van der Waals surface area contributed by atoms with Crippen molar-refractivity contribution in [3.05, 3.63) is 47.3 Å². The van der Waals surface area contributed by atoms with Crippen molar-refractivity contribution < 1.29 is 23.5 Å². The normalized spacial score (nSPS) is 17.3. The zero-order valence-corrected chi connectivity index (χ0v) is 14.0. The van der Waals surface area contributed by atoms with Gasteiger partial charge in [-0.05, 0) is 35.5 Å². The molecular formula is C18H10N2O5S. The van der Waals surface area contributed by atoms with Gasteiger partial charge >= 0.3 is 0 Å². The molecule has 2 aliphatic heterocycles. The summed E-state index contributed by atoms with van der Waals surface area (Å²) in [6, 6.07) is 7.40. The van der Waals surface area contributed by atoms with Gasteiger partial charge in [0.1, 0.15) is 11.3 Å². The number of hydrogen-bond donors (Lipinski definition) is 1. The van der Waals surface area contributed by atoms with Crippen LogP contribution in [0.3, 0.4) is 0 Å². The molecule has 1 fully saturated rings. The molecule has 0 atom stereocenters. The minimum atomic E-state index is -0.422. The molecule has 0 bridgehead atoms. The van der Waals surface area contributed by atoms with E-state index in [2.05, 4.69) is 10.3 Å². The Labute approximate surface area is 151 Å². The van der Waals surface area contributed by atoms with Crippen molar-refractivity contribution in [2.75, 3.05) is 6.79 Å². The molecule has 0 radical (unpaired) electrons. The number of pyridine rings is 1. The lowest BCUT2D eigenvalue weighted by molar-refractivity contribution is -0.115. The molecule has 1 N–H and O–H groups in total. The van der Waals surface area contributed by atoms with Gasteiger partial charge in [-0.25, -0.2) is 0 Å². The number of benzene rings is 1. The molecule has 4 heterocycles. The summed E-state index contributed by atoms with van der Waals surface area (Å²) in [6.07, 6.45) is 4.94. The van der Waals surface area contributed by atoms with Crippen LogP contribution in [0.5, 0.6) is 11.5 Å². The highest BCUT2D eigenvalue weighted by Crippen LogP contribution is 2.38. The van der Waals surface area contributed by atoms with E-state index in [1.54, 1.807) is 24.5 Å². The maximum atomic E-state index is 11.7. The van der Waals surface area contributed by atoms with Gasteiger partial charge in [-0.2, -0.15) is 0 Å². The molecule has 8 heteroatoms. The van der Waals surface area contributed by atoms with E-state index >= 15 is 0 Å². The highest BCUT2D eigenvalue weighted by molar-refractivity contribution is 8.18. The molecule has 1 aromatic carbocycles. The first-order chi connectivity index (χ1) is 12.7. The number of amides is 2. The van der Waals surface area contributed by atoms with Crippen LogP contribution in [0.15, 0.2) is 46.0 Å². The van der Waals surface area contributed by atoms with Crippen molar-refractivity contribution in [1.29, 1.82) is 0 Å². The third kappa shape index (κ3) is 2.42. The average molecular weight is 366 g/mol. The number of carbonyl (C=O) groups is 2. The number of hydrogen-bond acceptors (Lipinski definition) is 7. The number of nitrogens with zero attached hydrogens (tertiary/aromatic N) is 1. The largest absolute Gasteiger partial charge is 0.456 e. The van der Waals surface area contributed by atoms with E-state index in [-0.39, 0.29) is 12.0 Å². The van der Waals surface area contributed by atoms with Gasteiger partial charge < -0.3 is 13.9 Å². The molecular weight excluding hydrogens is 356 g/mol. The van der Waals surface area contributed by atoms with Gasteiger partial charge in [-0.1, -0.05) is 6.07 Å². The fourth-order valence-electron chi connectivity index (χ4n) is 2.87. The molecule has 2 amide bonds. The summed E-state index contributed by atoms with van der Waals surface area (Å²) in [6.45, 7) is 0.207. The van der Waals surface area contributed by atoms with Gasteiger partial charge in [0.15, 0.2) is 11.5 Å². The summed E-state index contributed by atoms with van der Waals surface area (Å²) in [7, 11) is 0. The molecule has 3 aromatic rings. The van der Waals surface area contributed by atoms with Crippen LogP contribution < -0.4 is 14.8 Å². The number of thioether (sulfide) groups is 1. The fourth-order valence-corrected chi connectivity index (χ4v) is 3.54. The lowest BCUT2D eigenvalue weighted by Gasteiger charge is -2.03. The molecule has 0 aliphatic carbocycles. The molecule has 7 nitrogen and oxygen atoms in total. The fraction of sp³-hybridized carbons (Fsp3) is 0.0556. The van der Waals surface area contributed by atoms with Crippen molar-refractivity contribution in [3.8, 4) is 22.6 Å². The number of aromatic nitrogens is 1. The van der Waals surface area contributed by atoms with E-state index in [4.69, 9.17) is 13.9 Å². The first-order valence-electron chi connectivity index (χ1n) is 7.70. The van der Waals surface area contributed by atoms with Crippen LogP contribution in [0.2, 0.25) is 0 Å². The molecule has 0 unspecified atom stereocenters. The number of fused-ring (bicyclic) bond motifs is 2. The highest BCUT2D eigenvalue weighted by Gasteiger charge is 2.25. The van der Waals surface area contributed by atoms with E-state index in [0.29, 0.717) is 27.7 Å². The van der Waals surface area contributed by atoms with Crippen molar-refractivity contribution in [2.45, 2.75) is 0 Å². The Hall–Kier alpha value is -3.26. The first kappa shape index (κ1) is 15.0. The second-order valence-electron chi connectivity index (χ2n) is 5.67. The van der Waals surface area contributed by atoms with Crippen LogP contribution in [0.4, 0.5) is 4.79 Å². The van der Waals surface area contributed by atoms with E-state index in [0.717, 1.165) is 28.3 Å². The number of imide groups is 1. The van der Waals surface area contributed by atoms with Crippen LogP contribution in [-0.4, -0.2) is 22.9 Å². The van der Waals surface area contributed by atoms with E-state index in [1.165, 1.54) is 0 Å². The molecule has 0 spiro atoms. The van der Waals surface area contributed by atoms with Crippen molar-refractivity contribution in [3.63, 3.8) is 0 Å². The van der Waals surface area contributed by atoms with E-state index in [9.17, 15) is 9.59 Å². The van der Waals surface area contributed by atoms with Crippen molar-refractivity contribution in [1.82, 2.24) is 10.3 Å². The predicted octanol–water partition coefficient (Wildman–Crippen LogP) is 3.55. The van der Waals surface area contributed by atoms with Gasteiger partial charge in [-0.15, -0.1) is 0 Å². The quantitative estimate of drug-likeness (QED) is 0.694. The zero-order chi connectivity index (χ0) is 17.7. The molecule has 2 aromatic heterocycles. The van der Waals surface area contributed by atoms with Gasteiger partial charge in [-0.3, -0.25) is 19.9 Å². The number of furan rings is 1. The van der Waals surface area contributed by atoms with Crippen molar-refractivity contribution >= 4 is 40.0 Å². The lowest BCUT2D eigenvalue weighted by Crippen LogP contribution is -2.17. The number of ether oxygens (including phenoxy) is 2. The summed E-state index contributed by atoms with van der Waals surface area (Å²) in [5.41, 5.74) is 2.31. The Kier molecular flexibility index (Phi) is 3.26.